The zero-order valence-corrected chi connectivity index (χ0v) is 12.3. The van der Waals surface area contributed by atoms with Gasteiger partial charge in [-0.05, 0) is 30.5 Å². The lowest BCUT2D eigenvalue weighted by Gasteiger charge is -2.14. The molecule has 0 spiro atoms. The van der Waals surface area contributed by atoms with Crippen LogP contribution in [0.3, 0.4) is 0 Å². The molecule has 0 unspecified atom stereocenters. The van der Waals surface area contributed by atoms with Crippen molar-refractivity contribution in [1.82, 2.24) is 0 Å². The number of fused-ring (bicyclic) bond motifs is 1. The summed E-state index contributed by atoms with van der Waals surface area (Å²) in [5, 5.41) is 11.3. The van der Waals surface area contributed by atoms with Crippen LogP contribution in [0.1, 0.15) is 20.7 Å². The summed E-state index contributed by atoms with van der Waals surface area (Å²) in [4.78, 5) is 37.1. The SMILES string of the molecule is CSc1ccc(N2C(=O)c3ccccc3C2=O)c([N+](=O)[O-])c1. The number of thioether (sulfide) groups is 1. The molecular formula is C15H10N2O4S. The Labute approximate surface area is 129 Å². The number of hydrogen-bond donors (Lipinski definition) is 0. The lowest BCUT2D eigenvalue weighted by atomic mass is 10.1. The Bertz CT molecular complexity index is 784. The average Bonchev–Trinajstić information content (AvgIpc) is 2.79. The van der Waals surface area contributed by atoms with Crippen molar-refractivity contribution < 1.29 is 14.5 Å². The van der Waals surface area contributed by atoms with Crippen LogP contribution in [0, 0.1) is 10.1 Å². The second kappa shape index (κ2) is 5.27. The normalized spacial score (nSPS) is 13.4. The van der Waals surface area contributed by atoms with Gasteiger partial charge < -0.3 is 0 Å². The molecular weight excluding hydrogens is 304 g/mol. The second-order valence-corrected chi connectivity index (χ2v) is 5.48. The molecule has 2 aromatic carbocycles. The molecule has 1 aliphatic rings. The first kappa shape index (κ1) is 14.3. The molecule has 0 atom stereocenters. The molecule has 3 rings (SSSR count). The lowest BCUT2D eigenvalue weighted by molar-refractivity contribution is -0.384. The molecule has 22 heavy (non-hydrogen) atoms. The third-order valence-electron chi connectivity index (χ3n) is 3.41. The predicted molar refractivity (Wildman–Crippen MR) is 82.5 cm³/mol. The number of nitro benzene ring substituents is 1. The molecule has 110 valence electrons. The minimum Gasteiger partial charge on any atom is -0.268 e. The Morgan fingerprint density at radius 1 is 1.05 bits per heavy atom. The summed E-state index contributed by atoms with van der Waals surface area (Å²) in [6.45, 7) is 0. The standard InChI is InChI=1S/C15H10N2O4S/c1-22-9-6-7-12(13(8-9)17(20)21)16-14(18)10-4-2-3-5-11(10)15(16)19/h2-8H,1H3. The van der Waals surface area contributed by atoms with Gasteiger partial charge in [0.1, 0.15) is 5.69 Å². The Morgan fingerprint density at radius 2 is 1.64 bits per heavy atom. The van der Waals surface area contributed by atoms with E-state index in [1.807, 2.05) is 0 Å². The van der Waals surface area contributed by atoms with E-state index in [4.69, 9.17) is 0 Å². The number of amides is 2. The van der Waals surface area contributed by atoms with Crippen LogP contribution in [0.15, 0.2) is 47.4 Å². The number of hydrogen-bond acceptors (Lipinski definition) is 5. The highest BCUT2D eigenvalue weighted by molar-refractivity contribution is 7.98. The van der Waals surface area contributed by atoms with E-state index in [-0.39, 0.29) is 22.5 Å². The maximum Gasteiger partial charge on any atom is 0.294 e. The van der Waals surface area contributed by atoms with Crippen molar-refractivity contribution in [1.29, 1.82) is 0 Å². The molecule has 0 aliphatic carbocycles. The van der Waals surface area contributed by atoms with Crippen molar-refractivity contribution in [2.75, 3.05) is 11.2 Å². The molecule has 1 aliphatic heterocycles. The van der Waals surface area contributed by atoms with Crippen LogP contribution >= 0.6 is 11.8 Å². The Balaban J connectivity index is 2.16. The van der Waals surface area contributed by atoms with Crippen molar-refractivity contribution in [3.05, 3.63) is 63.7 Å². The third kappa shape index (κ3) is 2.06. The van der Waals surface area contributed by atoms with Crippen LogP contribution in [-0.2, 0) is 0 Å². The summed E-state index contributed by atoms with van der Waals surface area (Å²) in [7, 11) is 0. The highest BCUT2D eigenvalue weighted by Gasteiger charge is 2.39. The number of anilines is 1. The quantitative estimate of drug-likeness (QED) is 0.376. The molecule has 0 radical (unpaired) electrons. The minimum atomic E-state index is -0.585. The summed E-state index contributed by atoms with van der Waals surface area (Å²) >= 11 is 1.35. The summed E-state index contributed by atoms with van der Waals surface area (Å²) in [5.41, 5.74) is 0.252. The second-order valence-electron chi connectivity index (χ2n) is 4.60. The topological polar surface area (TPSA) is 80.5 Å². The van der Waals surface area contributed by atoms with E-state index in [0.717, 1.165) is 4.90 Å². The molecule has 1 heterocycles. The van der Waals surface area contributed by atoms with E-state index in [0.29, 0.717) is 4.90 Å². The van der Waals surface area contributed by atoms with Gasteiger partial charge in [-0.2, -0.15) is 0 Å². The zero-order chi connectivity index (χ0) is 15.9. The summed E-state index contributed by atoms with van der Waals surface area (Å²) in [6, 6.07) is 10.8. The van der Waals surface area contributed by atoms with Crippen molar-refractivity contribution in [2.45, 2.75) is 4.90 Å². The van der Waals surface area contributed by atoms with Gasteiger partial charge in [-0.1, -0.05) is 12.1 Å². The molecule has 2 amide bonds. The molecule has 6 nitrogen and oxygen atoms in total. The number of rotatable bonds is 3. The van der Waals surface area contributed by atoms with Gasteiger partial charge in [0.25, 0.3) is 17.5 Å². The smallest absolute Gasteiger partial charge is 0.268 e. The number of nitrogens with zero attached hydrogens (tertiary/aromatic N) is 2. The maximum atomic E-state index is 12.4. The molecule has 0 fully saturated rings. The van der Waals surface area contributed by atoms with Crippen molar-refractivity contribution in [2.24, 2.45) is 0 Å². The number of carbonyl (C=O) groups is 2. The third-order valence-corrected chi connectivity index (χ3v) is 4.14. The number of benzene rings is 2. The molecule has 0 bridgehead atoms. The van der Waals surface area contributed by atoms with E-state index in [2.05, 4.69) is 0 Å². The first-order valence-electron chi connectivity index (χ1n) is 6.35. The van der Waals surface area contributed by atoms with E-state index in [1.165, 1.54) is 36.0 Å². The average molecular weight is 314 g/mol. The molecule has 0 saturated carbocycles. The fourth-order valence-corrected chi connectivity index (χ4v) is 2.81. The fourth-order valence-electron chi connectivity index (χ4n) is 2.37. The van der Waals surface area contributed by atoms with Crippen LogP contribution in [0.4, 0.5) is 11.4 Å². The van der Waals surface area contributed by atoms with Crippen molar-refractivity contribution in [3.8, 4) is 0 Å². The lowest BCUT2D eigenvalue weighted by Crippen LogP contribution is -2.30. The first-order chi connectivity index (χ1) is 10.5. The Kier molecular flexibility index (Phi) is 3.42. The van der Waals surface area contributed by atoms with Crippen LogP contribution < -0.4 is 4.90 Å². The van der Waals surface area contributed by atoms with Gasteiger partial charge in [-0.3, -0.25) is 19.7 Å². The van der Waals surface area contributed by atoms with Crippen molar-refractivity contribution >= 4 is 35.0 Å². The molecule has 0 saturated heterocycles. The van der Waals surface area contributed by atoms with Crippen molar-refractivity contribution in [3.63, 3.8) is 0 Å². The molecule has 0 aromatic heterocycles. The van der Waals surface area contributed by atoms with E-state index in [9.17, 15) is 19.7 Å². The van der Waals surface area contributed by atoms with Gasteiger partial charge in [0, 0.05) is 11.0 Å². The first-order valence-corrected chi connectivity index (χ1v) is 7.57. The van der Waals surface area contributed by atoms with Gasteiger partial charge in [0.2, 0.25) is 0 Å². The number of carbonyl (C=O) groups excluding carboxylic acids is 2. The van der Waals surface area contributed by atoms with Gasteiger partial charge in [-0.25, -0.2) is 4.90 Å². The van der Waals surface area contributed by atoms with E-state index in [1.54, 1.807) is 24.5 Å². The summed E-state index contributed by atoms with van der Waals surface area (Å²) in [5.74, 6) is -1.08. The number of nitro groups is 1. The van der Waals surface area contributed by atoms with Crippen LogP contribution in [0.5, 0.6) is 0 Å². The molecule has 2 aromatic rings. The summed E-state index contributed by atoms with van der Waals surface area (Å²) < 4.78 is 0. The van der Waals surface area contributed by atoms with Crippen LogP contribution in [0.25, 0.3) is 0 Å². The van der Waals surface area contributed by atoms with Crippen LogP contribution in [-0.4, -0.2) is 23.0 Å². The molecule has 7 heteroatoms. The summed E-state index contributed by atoms with van der Waals surface area (Å²) in [6.07, 6.45) is 1.79. The monoisotopic (exact) mass is 314 g/mol. The fraction of sp³-hybridized carbons (Fsp3) is 0.0667. The zero-order valence-electron chi connectivity index (χ0n) is 11.5. The van der Waals surface area contributed by atoms with Crippen LogP contribution in [0.2, 0.25) is 0 Å². The van der Waals surface area contributed by atoms with Gasteiger partial charge in [-0.15, -0.1) is 11.8 Å². The van der Waals surface area contributed by atoms with E-state index < -0.39 is 16.7 Å². The van der Waals surface area contributed by atoms with Gasteiger partial charge in [0.05, 0.1) is 16.1 Å². The largest absolute Gasteiger partial charge is 0.294 e. The predicted octanol–water partition coefficient (Wildman–Crippen LogP) is 3.12. The van der Waals surface area contributed by atoms with E-state index >= 15 is 0 Å². The number of imide groups is 1. The van der Waals surface area contributed by atoms with Gasteiger partial charge in [0.15, 0.2) is 0 Å². The maximum absolute atomic E-state index is 12.4. The Morgan fingerprint density at radius 3 is 2.14 bits per heavy atom. The highest BCUT2D eigenvalue weighted by Crippen LogP contribution is 2.36. The Hall–Kier alpha value is -2.67. The minimum absolute atomic E-state index is 0.00556. The molecule has 0 N–H and O–H groups in total. The van der Waals surface area contributed by atoms with Gasteiger partial charge >= 0.3 is 0 Å². The highest BCUT2D eigenvalue weighted by atomic mass is 32.2.